The van der Waals surface area contributed by atoms with Crippen LogP contribution in [0.5, 0.6) is 0 Å². The first kappa shape index (κ1) is 12.9. The van der Waals surface area contributed by atoms with Crippen molar-refractivity contribution in [2.75, 3.05) is 13.1 Å². The molecule has 7 heteroatoms. The highest BCUT2D eigenvalue weighted by Gasteiger charge is 2.33. The molecule has 3 rings (SSSR count). The topological polar surface area (TPSA) is 81.2 Å². The van der Waals surface area contributed by atoms with Gasteiger partial charge in [0.25, 0.3) is 11.8 Å². The summed E-state index contributed by atoms with van der Waals surface area (Å²) in [5.74, 6) is -0.431. The average Bonchev–Trinajstić information content (AvgIpc) is 2.96. The molecular weight excluding hydrogens is 276 g/mol. The largest absolute Gasteiger partial charge is 0.366 e. The quantitative estimate of drug-likeness (QED) is 0.917. The van der Waals surface area contributed by atoms with Crippen LogP contribution in [-0.2, 0) is 0 Å². The van der Waals surface area contributed by atoms with Gasteiger partial charge in [-0.05, 0) is 19.1 Å². The number of aromatic nitrogens is 2. The molecule has 0 aliphatic carbocycles. The molecule has 0 atom stereocenters. The van der Waals surface area contributed by atoms with Crippen LogP contribution in [0.25, 0.3) is 0 Å². The maximum atomic E-state index is 12.2. The van der Waals surface area contributed by atoms with Gasteiger partial charge >= 0.3 is 0 Å². The third-order valence-corrected chi connectivity index (χ3v) is 4.35. The van der Waals surface area contributed by atoms with Crippen molar-refractivity contribution in [3.8, 4) is 0 Å². The molecule has 1 saturated heterocycles. The molecule has 2 aromatic rings. The maximum Gasteiger partial charge on any atom is 0.264 e. The SMILES string of the molecule is Cc1ccc(C(=O)N2CC(n3cc(C(N)=O)cn3)C2)s1. The molecule has 2 N–H and O–H groups in total. The number of carbonyl (C=O) groups is 2. The fourth-order valence-corrected chi connectivity index (χ4v) is 2.99. The third-order valence-electron chi connectivity index (χ3n) is 3.36. The Kier molecular flexibility index (Phi) is 3.06. The van der Waals surface area contributed by atoms with E-state index >= 15 is 0 Å². The van der Waals surface area contributed by atoms with E-state index in [-0.39, 0.29) is 11.9 Å². The lowest BCUT2D eigenvalue weighted by atomic mass is 10.1. The van der Waals surface area contributed by atoms with E-state index in [9.17, 15) is 9.59 Å². The lowest BCUT2D eigenvalue weighted by molar-refractivity contribution is 0.0506. The summed E-state index contributed by atoms with van der Waals surface area (Å²) in [6, 6.07) is 3.92. The van der Waals surface area contributed by atoms with Crippen LogP contribution in [0.3, 0.4) is 0 Å². The highest BCUT2D eigenvalue weighted by Crippen LogP contribution is 2.25. The predicted molar refractivity (Wildman–Crippen MR) is 74.7 cm³/mol. The molecule has 1 aliphatic rings. The van der Waals surface area contributed by atoms with Gasteiger partial charge in [-0.15, -0.1) is 11.3 Å². The minimum Gasteiger partial charge on any atom is -0.366 e. The Balaban J connectivity index is 1.63. The predicted octanol–water partition coefficient (Wildman–Crippen LogP) is 1.05. The van der Waals surface area contributed by atoms with Crippen molar-refractivity contribution in [1.82, 2.24) is 14.7 Å². The Labute approximate surface area is 119 Å². The Morgan fingerprint density at radius 2 is 2.15 bits per heavy atom. The number of likely N-dealkylation sites (tertiary alicyclic amines) is 1. The summed E-state index contributed by atoms with van der Waals surface area (Å²) in [5, 5.41) is 4.11. The monoisotopic (exact) mass is 290 g/mol. The molecule has 0 radical (unpaired) electrons. The van der Waals surface area contributed by atoms with E-state index in [1.165, 1.54) is 17.5 Å². The zero-order valence-electron chi connectivity index (χ0n) is 10.9. The minimum atomic E-state index is -0.488. The van der Waals surface area contributed by atoms with Gasteiger partial charge in [0.15, 0.2) is 0 Å². The third kappa shape index (κ3) is 2.20. The highest BCUT2D eigenvalue weighted by atomic mass is 32.1. The number of thiophene rings is 1. The first-order chi connectivity index (χ1) is 9.54. The van der Waals surface area contributed by atoms with Crippen LogP contribution in [0.1, 0.15) is 30.9 Å². The van der Waals surface area contributed by atoms with E-state index in [4.69, 9.17) is 5.73 Å². The summed E-state index contributed by atoms with van der Waals surface area (Å²) in [7, 11) is 0. The second-order valence-corrected chi connectivity index (χ2v) is 6.14. The summed E-state index contributed by atoms with van der Waals surface area (Å²) in [6.45, 7) is 3.20. The highest BCUT2D eigenvalue weighted by molar-refractivity contribution is 7.13. The molecule has 0 aromatic carbocycles. The number of carbonyl (C=O) groups excluding carboxylic acids is 2. The molecule has 2 amide bonds. The molecule has 20 heavy (non-hydrogen) atoms. The number of amides is 2. The number of aryl methyl sites for hydroxylation is 1. The van der Waals surface area contributed by atoms with Crippen molar-refractivity contribution in [1.29, 1.82) is 0 Å². The van der Waals surface area contributed by atoms with Gasteiger partial charge in [-0.25, -0.2) is 0 Å². The second-order valence-electron chi connectivity index (χ2n) is 4.85. The van der Waals surface area contributed by atoms with E-state index in [0.717, 1.165) is 9.75 Å². The standard InChI is InChI=1S/C13H14N4O2S/c1-8-2-3-11(20-8)13(19)16-6-10(7-16)17-5-9(4-15-17)12(14)18/h2-5,10H,6-7H2,1H3,(H2,14,18). The lowest BCUT2D eigenvalue weighted by Gasteiger charge is -2.38. The molecule has 0 bridgehead atoms. The van der Waals surface area contributed by atoms with Gasteiger partial charge < -0.3 is 10.6 Å². The number of rotatable bonds is 3. The first-order valence-electron chi connectivity index (χ1n) is 6.24. The molecule has 104 valence electrons. The Bertz CT molecular complexity index is 669. The van der Waals surface area contributed by atoms with Gasteiger partial charge in [0.05, 0.1) is 22.7 Å². The fraction of sp³-hybridized carbons (Fsp3) is 0.308. The maximum absolute atomic E-state index is 12.2. The smallest absolute Gasteiger partial charge is 0.264 e. The van der Waals surface area contributed by atoms with Crippen LogP contribution in [0.15, 0.2) is 24.5 Å². The number of nitrogens with zero attached hydrogens (tertiary/aromatic N) is 3. The van der Waals surface area contributed by atoms with Gasteiger partial charge in [0, 0.05) is 24.2 Å². The molecule has 1 fully saturated rings. The van der Waals surface area contributed by atoms with E-state index in [1.807, 2.05) is 19.1 Å². The lowest BCUT2D eigenvalue weighted by Crippen LogP contribution is -2.50. The van der Waals surface area contributed by atoms with Crippen molar-refractivity contribution in [3.05, 3.63) is 39.8 Å². The molecular formula is C13H14N4O2S. The number of primary amides is 1. The molecule has 0 spiro atoms. The summed E-state index contributed by atoms with van der Waals surface area (Å²) in [5.41, 5.74) is 5.58. The number of hydrogen-bond acceptors (Lipinski definition) is 4. The second kappa shape index (κ2) is 4.75. The van der Waals surface area contributed by atoms with E-state index in [1.54, 1.807) is 15.8 Å². The van der Waals surface area contributed by atoms with Gasteiger partial charge in [-0.2, -0.15) is 5.10 Å². The van der Waals surface area contributed by atoms with Crippen LogP contribution in [0.4, 0.5) is 0 Å². The van der Waals surface area contributed by atoms with Crippen molar-refractivity contribution >= 4 is 23.2 Å². The molecule has 0 unspecified atom stereocenters. The van der Waals surface area contributed by atoms with Gasteiger partial charge in [-0.1, -0.05) is 0 Å². The van der Waals surface area contributed by atoms with Crippen molar-refractivity contribution < 1.29 is 9.59 Å². The van der Waals surface area contributed by atoms with Crippen molar-refractivity contribution in [2.45, 2.75) is 13.0 Å². The van der Waals surface area contributed by atoms with Crippen LogP contribution in [0, 0.1) is 6.92 Å². The van der Waals surface area contributed by atoms with E-state index in [0.29, 0.717) is 18.7 Å². The van der Waals surface area contributed by atoms with Crippen LogP contribution in [-0.4, -0.2) is 39.6 Å². The zero-order chi connectivity index (χ0) is 14.3. The Morgan fingerprint density at radius 1 is 1.40 bits per heavy atom. The van der Waals surface area contributed by atoms with Gasteiger partial charge in [0.1, 0.15) is 0 Å². The molecule has 6 nitrogen and oxygen atoms in total. The normalized spacial score (nSPS) is 15.2. The summed E-state index contributed by atoms with van der Waals surface area (Å²) < 4.78 is 1.70. The number of hydrogen-bond donors (Lipinski definition) is 1. The van der Waals surface area contributed by atoms with Crippen molar-refractivity contribution in [2.24, 2.45) is 5.73 Å². The van der Waals surface area contributed by atoms with E-state index in [2.05, 4.69) is 5.10 Å². The van der Waals surface area contributed by atoms with Crippen LogP contribution >= 0.6 is 11.3 Å². The van der Waals surface area contributed by atoms with Gasteiger partial charge in [0.2, 0.25) is 0 Å². The molecule has 2 aromatic heterocycles. The molecule has 1 aliphatic heterocycles. The van der Waals surface area contributed by atoms with Crippen molar-refractivity contribution in [3.63, 3.8) is 0 Å². The van der Waals surface area contributed by atoms with Crippen LogP contribution < -0.4 is 5.73 Å². The van der Waals surface area contributed by atoms with Crippen LogP contribution in [0.2, 0.25) is 0 Å². The number of nitrogens with two attached hydrogens (primary N) is 1. The summed E-state index contributed by atoms with van der Waals surface area (Å²) in [4.78, 5) is 26.8. The Morgan fingerprint density at radius 3 is 2.70 bits per heavy atom. The summed E-state index contributed by atoms with van der Waals surface area (Å²) in [6.07, 6.45) is 3.08. The molecule has 0 saturated carbocycles. The van der Waals surface area contributed by atoms with Gasteiger partial charge in [-0.3, -0.25) is 14.3 Å². The minimum absolute atomic E-state index is 0.0571. The van der Waals surface area contributed by atoms with E-state index < -0.39 is 5.91 Å². The fourth-order valence-electron chi connectivity index (χ4n) is 2.16. The summed E-state index contributed by atoms with van der Waals surface area (Å²) >= 11 is 1.50. The Hall–Kier alpha value is -2.15. The average molecular weight is 290 g/mol. The zero-order valence-corrected chi connectivity index (χ0v) is 11.8. The molecule has 3 heterocycles. The first-order valence-corrected chi connectivity index (χ1v) is 7.06.